The molecule has 0 aliphatic carbocycles. The van der Waals surface area contributed by atoms with Crippen LogP contribution in [0.25, 0.3) is 11.1 Å². The molecule has 0 spiro atoms. The van der Waals surface area contributed by atoms with E-state index in [9.17, 15) is 13.9 Å². The molecular weight excluding hydrogens is 470 g/mol. The number of aryl methyl sites for hydroxylation is 1. The number of benzene rings is 3. The number of hydrogen-bond donors (Lipinski definition) is 1. The molecule has 0 fully saturated rings. The van der Waals surface area contributed by atoms with Gasteiger partial charge in [-0.2, -0.15) is 0 Å². The summed E-state index contributed by atoms with van der Waals surface area (Å²) in [5.41, 5.74) is 2.81. The summed E-state index contributed by atoms with van der Waals surface area (Å²) in [4.78, 5) is 6.52. The molecular formula is C31H32F2N2O2. The minimum absolute atomic E-state index is 0.156. The molecule has 4 aromatic rings. The van der Waals surface area contributed by atoms with Crippen molar-refractivity contribution in [3.63, 3.8) is 0 Å². The van der Waals surface area contributed by atoms with Crippen LogP contribution in [-0.4, -0.2) is 42.7 Å². The number of methoxy groups -OCH3 is 1. The molecule has 1 N–H and O–H groups in total. The van der Waals surface area contributed by atoms with Crippen molar-refractivity contribution < 1.29 is 18.6 Å². The summed E-state index contributed by atoms with van der Waals surface area (Å²) < 4.78 is 34.7. The highest BCUT2D eigenvalue weighted by atomic mass is 19.1. The smallest absolute Gasteiger partial charge is 0.217 e. The molecule has 0 aliphatic heterocycles. The molecule has 37 heavy (non-hydrogen) atoms. The maximum Gasteiger partial charge on any atom is 0.217 e. The van der Waals surface area contributed by atoms with Crippen LogP contribution in [0.5, 0.6) is 5.88 Å². The van der Waals surface area contributed by atoms with Gasteiger partial charge >= 0.3 is 0 Å². The normalized spacial score (nSPS) is 13.8. The Morgan fingerprint density at radius 1 is 0.919 bits per heavy atom. The Labute approximate surface area is 217 Å². The Bertz CT molecular complexity index is 1320. The molecule has 1 unspecified atom stereocenters. The Hall–Kier alpha value is -3.61. The van der Waals surface area contributed by atoms with E-state index in [1.165, 1.54) is 19.2 Å². The number of ether oxygens (including phenoxy) is 1. The number of aliphatic hydroxyl groups is 1. The Balaban J connectivity index is 2.00. The lowest BCUT2D eigenvalue weighted by molar-refractivity contribution is 0.00322. The van der Waals surface area contributed by atoms with E-state index in [1.54, 1.807) is 6.20 Å². The van der Waals surface area contributed by atoms with E-state index in [-0.39, 0.29) is 12.0 Å². The van der Waals surface area contributed by atoms with Crippen LogP contribution in [0.4, 0.5) is 8.78 Å². The second-order valence-electron chi connectivity index (χ2n) is 9.67. The van der Waals surface area contributed by atoms with Crippen molar-refractivity contribution in [2.24, 2.45) is 0 Å². The Kier molecular flexibility index (Phi) is 8.00. The van der Waals surface area contributed by atoms with Crippen molar-refractivity contribution >= 4 is 0 Å². The van der Waals surface area contributed by atoms with Crippen LogP contribution in [0.3, 0.4) is 0 Å². The number of rotatable bonds is 9. The first kappa shape index (κ1) is 26.5. The van der Waals surface area contributed by atoms with Gasteiger partial charge in [-0.05, 0) is 62.3 Å². The highest BCUT2D eigenvalue weighted by Gasteiger charge is 2.42. The molecule has 0 radical (unpaired) electrons. The van der Waals surface area contributed by atoms with Gasteiger partial charge in [-0.3, -0.25) is 0 Å². The maximum atomic E-state index is 14.5. The molecule has 0 bridgehead atoms. The summed E-state index contributed by atoms with van der Waals surface area (Å²) in [5.74, 6) is -1.89. The summed E-state index contributed by atoms with van der Waals surface area (Å²) in [5, 5.41) is 12.5. The molecule has 4 rings (SSSR count). The minimum Gasteiger partial charge on any atom is -0.481 e. The highest BCUT2D eigenvalue weighted by molar-refractivity contribution is 5.65. The molecule has 4 nitrogen and oxygen atoms in total. The average Bonchev–Trinajstić information content (AvgIpc) is 2.88. The number of aromatic nitrogens is 1. The fourth-order valence-electron chi connectivity index (χ4n) is 4.76. The largest absolute Gasteiger partial charge is 0.481 e. The van der Waals surface area contributed by atoms with Crippen LogP contribution in [0.2, 0.25) is 0 Å². The summed E-state index contributed by atoms with van der Waals surface area (Å²) in [6.07, 6.45) is 1.94. The van der Waals surface area contributed by atoms with E-state index in [0.29, 0.717) is 18.0 Å². The number of hydrogen-bond acceptors (Lipinski definition) is 4. The maximum absolute atomic E-state index is 14.5. The number of nitrogens with zero attached hydrogens (tertiary/aromatic N) is 2. The monoisotopic (exact) mass is 502 g/mol. The van der Waals surface area contributed by atoms with Gasteiger partial charge in [0.25, 0.3) is 0 Å². The SMILES string of the molecule is COc1ncc(-c2ccc(C)cc2)cc1[C@@H](c1ccccc1)C(O)(CCN(C)C)c1cc(F)cc(F)c1. The molecule has 3 aromatic carbocycles. The molecule has 0 aliphatic rings. The second-order valence-corrected chi connectivity index (χ2v) is 9.67. The van der Waals surface area contributed by atoms with Crippen LogP contribution >= 0.6 is 0 Å². The molecule has 1 heterocycles. The standard InChI is InChI=1S/C31H32F2N2O2/c1-21-10-12-22(13-11-21)24-16-28(30(37-4)34-20-24)29(23-8-6-5-7-9-23)31(36,14-15-35(2)3)25-17-26(32)19-27(33)18-25/h5-13,16-20,29,36H,14-15H2,1-4H3/t29-,31?/m1/s1. The first-order chi connectivity index (χ1) is 17.7. The third kappa shape index (κ3) is 5.87. The summed E-state index contributed by atoms with van der Waals surface area (Å²) in [6, 6.07) is 22.7. The van der Waals surface area contributed by atoms with Crippen LogP contribution in [0.15, 0.2) is 85.1 Å². The first-order valence-electron chi connectivity index (χ1n) is 12.2. The quantitative estimate of drug-likeness (QED) is 0.291. The van der Waals surface area contributed by atoms with Gasteiger partial charge in [-0.25, -0.2) is 13.8 Å². The zero-order valence-corrected chi connectivity index (χ0v) is 21.6. The van der Waals surface area contributed by atoms with Gasteiger partial charge in [-0.15, -0.1) is 0 Å². The van der Waals surface area contributed by atoms with Crippen LogP contribution in [0, 0.1) is 18.6 Å². The molecule has 1 aromatic heterocycles. The van der Waals surface area contributed by atoms with E-state index in [1.807, 2.05) is 86.6 Å². The Morgan fingerprint density at radius 2 is 1.57 bits per heavy atom. The minimum atomic E-state index is -1.69. The zero-order chi connectivity index (χ0) is 26.6. The van der Waals surface area contributed by atoms with Gasteiger partial charge in [0, 0.05) is 35.9 Å². The zero-order valence-electron chi connectivity index (χ0n) is 21.6. The van der Waals surface area contributed by atoms with Crippen molar-refractivity contribution in [2.45, 2.75) is 24.9 Å². The fraction of sp³-hybridized carbons (Fsp3) is 0.258. The molecule has 0 saturated carbocycles. The molecule has 192 valence electrons. The van der Waals surface area contributed by atoms with Gasteiger partial charge < -0.3 is 14.7 Å². The average molecular weight is 503 g/mol. The van der Waals surface area contributed by atoms with Crippen molar-refractivity contribution in [1.82, 2.24) is 9.88 Å². The summed E-state index contributed by atoms with van der Waals surface area (Å²) in [6.45, 7) is 2.50. The van der Waals surface area contributed by atoms with Gasteiger partial charge in [0.1, 0.15) is 17.2 Å². The van der Waals surface area contributed by atoms with Crippen LogP contribution in [-0.2, 0) is 5.60 Å². The van der Waals surface area contributed by atoms with Gasteiger partial charge in [0.15, 0.2) is 0 Å². The topological polar surface area (TPSA) is 45.6 Å². The van der Waals surface area contributed by atoms with E-state index >= 15 is 0 Å². The van der Waals surface area contributed by atoms with Crippen LogP contribution < -0.4 is 4.74 Å². The molecule has 0 saturated heterocycles. The van der Waals surface area contributed by atoms with Crippen molar-refractivity contribution in [3.05, 3.63) is 119 Å². The van der Waals surface area contributed by atoms with E-state index in [0.717, 1.165) is 28.3 Å². The predicted octanol–water partition coefficient (Wildman–Crippen LogP) is 6.32. The number of halogens is 2. The summed E-state index contributed by atoms with van der Waals surface area (Å²) in [7, 11) is 5.31. The third-order valence-corrected chi connectivity index (χ3v) is 6.68. The second kappa shape index (κ2) is 11.2. The van der Waals surface area contributed by atoms with Gasteiger partial charge in [0.05, 0.1) is 7.11 Å². The van der Waals surface area contributed by atoms with E-state index < -0.39 is 23.2 Å². The summed E-state index contributed by atoms with van der Waals surface area (Å²) >= 11 is 0. The molecule has 6 heteroatoms. The van der Waals surface area contributed by atoms with Gasteiger partial charge in [-0.1, -0.05) is 60.2 Å². The lowest BCUT2D eigenvalue weighted by Crippen LogP contribution is -2.38. The fourth-order valence-corrected chi connectivity index (χ4v) is 4.76. The van der Waals surface area contributed by atoms with E-state index in [4.69, 9.17) is 4.74 Å². The third-order valence-electron chi connectivity index (χ3n) is 6.68. The lowest BCUT2D eigenvalue weighted by Gasteiger charge is -2.39. The highest BCUT2D eigenvalue weighted by Crippen LogP contribution is 2.47. The van der Waals surface area contributed by atoms with E-state index in [2.05, 4.69) is 4.98 Å². The van der Waals surface area contributed by atoms with Crippen LogP contribution in [0.1, 0.15) is 34.6 Å². The van der Waals surface area contributed by atoms with Crippen molar-refractivity contribution in [3.8, 4) is 17.0 Å². The van der Waals surface area contributed by atoms with Crippen molar-refractivity contribution in [1.29, 1.82) is 0 Å². The number of pyridine rings is 1. The molecule has 0 amide bonds. The first-order valence-corrected chi connectivity index (χ1v) is 12.2. The molecule has 2 atom stereocenters. The van der Waals surface area contributed by atoms with Gasteiger partial charge in [0.2, 0.25) is 5.88 Å². The lowest BCUT2D eigenvalue weighted by atomic mass is 9.71. The van der Waals surface area contributed by atoms with Crippen molar-refractivity contribution in [2.75, 3.05) is 27.7 Å². The Morgan fingerprint density at radius 3 is 2.16 bits per heavy atom. The predicted molar refractivity (Wildman–Crippen MR) is 143 cm³/mol.